The number of hydrogen-bond donors (Lipinski definition) is 1. The molecule has 4 rings (SSSR count). The van der Waals surface area contributed by atoms with E-state index in [2.05, 4.69) is 10.4 Å². The number of halogens is 1. The van der Waals surface area contributed by atoms with Gasteiger partial charge in [0, 0.05) is 35.9 Å². The Bertz CT molecular complexity index is 1250. The summed E-state index contributed by atoms with van der Waals surface area (Å²) in [6.07, 6.45) is 2.02. The Labute approximate surface area is 199 Å². The van der Waals surface area contributed by atoms with Crippen LogP contribution in [0.1, 0.15) is 35.4 Å². The summed E-state index contributed by atoms with van der Waals surface area (Å²) in [4.78, 5) is 12.9. The van der Waals surface area contributed by atoms with Crippen LogP contribution in [0.4, 0.5) is 0 Å². The molecule has 0 aliphatic carbocycles. The molecule has 1 N–H and O–H groups in total. The van der Waals surface area contributed by atoms with E-state index in [1.807, 2.05) is 30.7 Å². The molecule has 9 heteroatoms. The number of aromatic nitrogens is 2. The lowest BCUT2D eigenvalue weighted by Gasteiger charge is -2.15. The Balaban J connectivity index is 1.38. The summed E-state index contributed by atoms with van der Waals surface area (Å²) in [7, 11) is -3.43. The first kappa shape index (κ1) is 23.5. The third-order valence-corrected chi connectivity index (χ3v) is 8.13. The molecule has 0 bridgehead atoms. The van der Waals surface area contributed by atoms with E-state index in [1.165, 1.54) is 4.31 Å². The van der Waals surface area contributed by atoms with Crippen molar-refractivity contribution in [2.45, 2.75) is 44.6 Å². The van der Waals surface area contributed by atoms with Crippen LogP contribution >= 0.6 is 11.6 Å². The van der Waals surface area contributed by atoms with Crippen molar-refractivity contribution < 1.29 is 13.2 Å². The van der Waals surface area contributed by atoms with Crippen molar-refractivity contribution in [3.8, 4) is 5.69 Å². The molecule has 0 atom stereocenters. The van der Waals surface area contributed by atoms with E-state index in [-0.39, 0.29) is 12.3 Å². The molecular formula is C24H27ClN4O3S. The zero-order chi connectivity index (χ0) is 23.6. The van der Waals surface area contributed by atoms with E-state index < -0.39 is 10.0 Å². The van der Waals surface area contributed by atoms with Gasteiger partial charge in [0.1, 0.15) is 0 Å². The number of amides is 1. The lowest BCUT2D eigenvalue weighted by atomic mass is 10.1. The molecule has 3 aromatic rings. The summed E-state index contributed by atoms with van der Waals surface area (Å²) >= 11 is 5.98. The molecule has 0 radical (unpaired) electrons. The minimum absolute atomic E-state index is 0.120. The Morgan fingerprint density at radius 2 is 1.67 bits per heavy atom. The van der Waals surface area contributed by atoms with Gasteiger partial charge < -0.3 is 5.32 Å². The number of nitrogens with zero attached hydrogens (tertiary/aromatic N) is 3. The number of carbonyl (C=O) groups is 1. The number of sulfonamides is 1. The minimum Gasteiger partial charge on any atom is -0.352 e. The third-order valence-electron chi connectivity index (χ3n) is 5.97. The molecule has 0 spiro atoms. The third kappa shape index (κ3) is 5.13. The first-order valence-corrected chi connectivity index (χ1v) is 12.7. The number of rotatable bonds is 7. The summed E-state index contributed by atoms with van der Waals surface area (Å²) < 4.78 is 28.6. The molecule has 1 aliphatic rings. The predicted molar refractivity (Wildman–Crippen MR) is 128 cm³/mol. The van der Waals surface area contributed by atoms with Gasteiger partial charge in [0.05, 0.1) is 22.7 Å². The number of nitrogens with one attached hydrogen (secondary N) is 1. The maximum absolute atomic E-state index is 12.6. The van der Waals surface area contributed by atoms with Gasteiger partial charge in [-0.1, -0.05) is 23.7 Å². The maximum Gasteiger partial charge on any atom is 0.243 e. The van der Waals surface area contributed by atoms with E-state index in [1.54, 1.807) is 36.4 Å². The van der Waals surface area contributed by atoms with Crippen molar-refractivity contribution in [3.63, 3.8) is 0 Å². The molecule has 1 aromatic heterocycles. The van der Waals surface area contributed by atoms with Crippen LogP contribution in [-0.2, 0) is 27.8 Å². The van der Waals surface area contributed by atoms with Crippen LogP contribution in [0.15, 0.2) is 53.4 Å². The maximum atomic E-state index is 12.6. The standard InChI is InChI=1S/C24H27ClN4O3S/c1-17-23(18(2)29(27-17)21-9-7-20(25)8-10-21)15-24(30)26-16-19-5-11-22(12-6-19)33(31,32)28-13-3-4-14-28/h5-12H,3-4,13-16H2,1-2H3,(H,26,30). The van der Waals surface area contributed by atoms with Gasteiger partial charge in [-0.15, -0.1) is 0 Å². The summed E-state index contributed by atoms with van der Waals surface area (Å²) in [5.74, 6) is -0.120. The van der Waals surface area contributed by atoms with Crippen LogP contribution < -0.4 is 5.32 Å². The van der Waals surface area contributed by atoms with Crippen molar-refractivity contribution in [2.75, 3.05) is 13.1 Å². The zero-order valence-corrected chi connectivity index (χ0v) is 20.3. The van der Waals surface area contributed by atoms with E-state index in [0.29, 0.717) is 29.6 Å². The van der Waals surface area contributed by atoms with Gasteiger partial charge in [-0.3, -0.25) is 4.79 Å². The highest BCUT2D eigenvalue weighted by Crippen LogP contribution is 2.22. The van der Waals surface area contributed by atoms with Crippen molar-refractivity contribution in [1.82, 2.24) is 19.4 Å². The molecule has 1 fully saturated rings. The smallest absolute Gasteiger partial charge is 0.243 e. The molecule has 7 nitrogen and oxygen atoms in total. The highest BCUT2D eigenvalue weighted by atomic mass is 35.5. The van der Waals surface area contributed by atoms with E-state index in [4.69, 9.17) is 11.6 Å². The Hall–Kier alpha value is -2.68. The normalized spacial score (nSPS) is 14.5. The Morgan fingerprint density at radius 3 is 2.30 bits per heavy atom. The van der Waals surface area contributed by atoms with Crippen LogP contribution in [0.3, 0.4) is 0 Å². The average Bonchev–Trinajstić information content (AvgIpc) is 3.44. The highest BCUT2D eigenvalue weighted by molar-refractivity contribution is 7.89. The quantitative estimate of drug-likeness (QED) is 0.550. The molecule has 1 saturated heterocycles. The highest BCUT2D eigenvalue weighted by Gasteiger charge is 2.26. The summed E-state index contributed by atoms with van der Waals surface area (Å²) in [6, 6.07) is 14.1. The predicted octanol–water partition coefficient (Wildman–Crippen LogP) is 3.79. The molecular weight excluding hydrogens is 460 g/mol. The van der Waals surface area contributed by atoms with Crippen LogP contribution in [0.5, 0.6) is 0 Å². The second-order valence-electron chi connectivity index (χ2n) is 8.25. The van der Waals surface area contributed by atoms with E-state index in [9.17, 15) is 13.2 Å². The lowest BCUT2D eigenvalue weighted by Crippen LogP contribution is -2.28. The molecule has 2 heterocycles. The van der Waals surface area contributed by atoms with Crippen molar-refractivity contribution in [1.29, 1.82) is 0 Å². The SMILES string of the molecule is Cc1nn(-c2ccc(Cl)cc2)c(C)c1CC(=O)NCc1ccc(S(=O)(=O)N2CCCC2)cc1. The molecule has 0 unspecified atom stereocenters. The summed E-state index contributed by atoms with van der Waals surface area (Å²) in [5, 5.41) is 8.15. The number of hydrogen-bond acceptors (Lipinski definition) is 4. The fourth-order valence-corrected chi connectivity index (χ4v) is 5.69. The molecule has 0 saturated carbocycles. The number of benzene rings is 2. The molecule has 33 heavy (non-hydrogen) atoms. The van der Waals surface area contributed by atoms with Gasteiger partial charge in [-0.25, -0.2) is 13.1 Å². The second-order valence-corrected chi connectivity index (χ2v) is 10.6. The van der Waals surface area contributed by atoms with Crippen LogP contribution in [0, 0.1) is 13.8 Å². The van der Waals surface area contributed by atoms with Crippen LogP contribution in [0.25, 0.3) is 5.69 Å². The fraction of sp³-hybridized carbons (Fsp3) is 0.333. The Kier molecular flexibility index (Phi) is 6.88. The van der Waals surface area contributed by atoms with Crippen LogP contribution in [-0.4, -0.2) is 41.5 Å². The first-order valence-electron chi connectivity index (χ1n) is 10.9. The summed E-state index contributed by atoms with van der Waals surface area (Å²) in [5.41, 5.74) is 4.31. The van der Waals surface area contributed by atoms with Gasteiger partial charge in [0.25, 0.3) is 0 Å². The summed E-state index contributed by atoms with van der Waals surface area (Å²) in [6.45, 7) is 5.31. The topological polar surface area (TPSA) is 84.3 Å². The number of carbonyl (C=O) groups excluding carboxylic acids is 1. The first-order chi connectivity index (χ1) is 15.8. The molecule has 1 amide bonds. The minimum atomic E-state index is -3.43. The monoisotopic (exact) mass is 486 g/mol. The Morgan fingerprint density at radius 1 is 1.03 bits per heavy atom. The molecule has 174 valence electrons. The fourth-order valence-electron chi connectivity index (χ4n) is 4.05. The largest absolute Gasteiger partial charge is 0.352 e. The van der Waals surface area contributed by atoms with Gasteiger partial charge in [-0.05, 0) is 68.7 Å². The number of aryl methyl sites for hydroxylation is 1. The van der Waals surface area contributed by atoms with Gasteiger partial charge in [0.2, 0.25) is 15.9 Å². The van der Waals surface area contributed by atoms with E-state index >= 15 is 0 Å². The van der Waals surface area contributed by atoms with Gasteiger partial charge >= 0.3 is 0 Å². The lowest BCUT2D eigenvalue weighted by molar-refractivity contribution is -0.120. The van der Waals surface area contributed by atoms with Gasteiger partial charge in [-0.2, -0.15) is 9.40 Å². The molecule has 1 aliphatic heterocycles. The van der Waals surface area contributed by atoms with Crippen molar-refractivity contribution in [3.05, 3.63) is 76.1 Å². The van der Waals surface area contributed by atoms with Gasteiger partial charge in [0.15, 0.2) is 0 Å². The van der Waals surface area contributed by atoms with Crippen LogP contribution in [0.2, 0.25) is 5.02 Å². The zero-order valence-electron chi connectivity index (χ0n) is 18.7. The molecule has 2 aromatic carbocycles. The second kappa shape index (κ2) is 9.67. The average molecular weight is 487 g/mol. The van der Waals surface area contributed by atoms with E-state index in [0.717, 1.165) is 41.0 Å². The van der Waals surface area contributed by atoms with Crippen molar-refractivity contribution in [2.24, 2.45) is 0 Å². The van der Waals surface area contributed by atoms with Crippen molar-refractivity contribution >= 4 is 27.5 Å².